The third-order valence-electron chi connectivity index (χ3n) is 5.18. The Labute approximate surface area is 171 Å². The van der Waals surface area contributed by atoms with Crippen molar-refractivity contribution >= 4 is 23.7 Å². The summed E-state index contributed by atoms with van der Waals surface area (Å²) in [5.74, 6) is 2.32. The fourth-order valence-corrected chi connectivity index (χ4v) is 3.53. The van der Waals surface area contributed by atoms with Gasteiger partial charge < -0.3 is 15.1 Å². The van der Waals surface area contributed by atoms with E-state index in [2.05, 4.69) is 42.3 Å². The fourth-order valence-electron chi connectivity index (χ4n) is 3.53. The van der Waals surface area contributed by atoms with E-state index in [-0.39, 0.29) is 0 Å². The highest BCUT2D eigenvalue weighted by Gasteiger charge is 2.19. The number of carbonyl (C=O) groups is 1. The molecular formula is C23H25N5O. The van der Waals surface area contributed by atoms with Crippen LogP contribution < -0.4 is 10.2 Å². The number of amides is 1. The van der Waals surface area contributed by atoms with Gasteiger partial charge in [-0.1, -0.05) is 48.0 Å². The van der Waals surface area contributed by atoms with Gasteiger partial charge in [0.1, 0.15) is 11.6 Å². The number of rotatable bonds is 5. The average Bonchev–Trinajstić information content (AvgIpc) is 2.76. The minimum Gasteiger partial charge on any atom is -0.353 e. The van der Waals surface area contributed by atoms with Crippen molar-refractivity contribution in [3.8, 4) is 11.4 Å². The molecule has 1 N–H and O–H groups in total. The summed E-state index contributed by atoms with van der Waals surface area (Å²) >= 11 is 0. The molecule has 3 aromatic rings. The van der Waals surface area contributed by atoms with Crippen LogP contribution in [0.1, 0.15) is 11.1 Å². The van der Waals surface area contributed by atoms with Gasteiger partial charge in [-0.15, -0.1) is 0 Å². The van der Waals surface area contributed by atoms with Gasteiger partial charge in [-0.2, -0.15) is 0 Å². The first-order chi connectivity index (χ1) is 14.1. The quantitative estimate of drug-likeness (QED) is 0.675. The third kappa shape index (κ3) is 4.37. The molecule has 2 heterocycles. The van der Waals surface area contributed by atoms with E-state index >= 15 is 0 Å². The predicted molar refractivity (Wildman–Crippen MR) is 117 cm³/mol. The van der Waals surface area contributed by atoms with Gasteiger partial charge in [0.25, 0.3) is 0 Å². The first-order valence-corrected chi connectivity index (χ1v) is 9.85. The highest BCUT2D eigenvalue weighted by Crippen LogP contribution is 2.26. The normalized spacial score (nSPS) is 14.0. The fraction of sp³-hybridized carbons (Fsp3) is 0.261. The molecule has 0 atom stereocenters. The monoisotopic (exact) mass is 387 g/mol. The van der Waals surface area contributed by atoms with E-state index in [9.17, 15) is 4.79 Å². The van der Waals surface area contributed by atoms with Crippen LogP contribution in [0.3, 0.4) is 0 Å². The number of aryl methyl sites for hydroxylation is 2. The SMILES string of the molecule is Cc1ccc(Nc2cc(N3CCN(C=O)CC3)nc(-c3ccccc3)n2)c(C)c1. The number of nitrogens with zero attached hydrogens (tertiary/aromatic N) is 4. The molecule has 0 bridgehead atoms. The smallest absolute Gasteiger partial charge is 0.209 e. The molecule has 1 fully saturated rings. The summed E-state index contributed by atoms with van der Waals surface area (Å²) in [6.07, 6.45) is 0.917. The maximum atomic E-state index is 11.0. The number of nitrogens with one attached hydrogen (secondary N) is 1. The lowest BCUT2D eigenvalue weighted by Gasteiger charge is -2.33. The van der Waals surface area contributed by atoms with Crippen LogP contribution in [0.25, 0.3) is 11.4 Å². The Morgan fingerprint density at radius 3 is 2.38 bits per heavy atom. The van der Waals surface area contributed by atoms with E-state index in [1.807, 2.05) is 36.4 Å². The number of hydrogen-bond donors (Lipinski definition) is 1. The number of piperazine rings is 1. The number of hydrogen-bond acceptors (Lipinski definition) is 5. The minimum atomic E-state index is 0.688. The highest BCUT2D eigenvalue weighted by molar-refractivity contribution is 5.67. The second-order valence-electron chi connectivity index (χ2n) is 7.37. The van der Waals surface area contributed by atoms with Crippen molar-refractivity contribution in [2.75, 3.05) is 36.4 Å². The van der Waals surface area contributed by atoms with Crippen LogP contribution in [0.2, 0.25) is 0 Å². The molecular weight excluding hydrogens is 362 g/mol. The van der Waals surface area contributed by atoms with E-state index in [0.717, 1.165) is 42.4 Å². The van der Waals surface area contributed by atoms with Gasteiger partial charge in [-0.3, -0.25) is 4.79 Å². The number of carbonyl (C=O) groups excluding carboxylic acids is 1. The zero-order valence-electron chi connectivity index (χ0n) is 16.8. The molecule has 1 aliphatic rings. The summed E-state index contributed by atoms with van der Waals surface area (Å²) in [7, 11) is 0. The maximum Gasteiger partial charge on any atom is 0.209 e. The molecule has 0 saturated carbocycles. The van der Waals surface area contributed by atoms with Gasteiger partial charge in [-0.25, -0.2) is 9.97 Å². The average molecular weight is 387 g/mol. The molecule has 2 aromatic carbocycles. The molecule has 1 saturated heterocycles. The Morgan fingerprint density at radius 2 is 1.69 bits per heavy atom. The van der Waals surface area contributed by atoms with Crippen molar-refractivity contribution < 1.29 is 4.79 Å². The molecule has 4 rings (SSSR count). The van der Waals surface area contributed by atoms with E-state index in [0.29, 0.717) is 18.9 Å². The van der Waals surface area contributed by atoms with Gasteiger partial charge in [-0.05, 0) is 25.5 Å². The second-order valence-corrected chi connectivity index (χ2v) is 7.37. The van der Waals surface area contributed by atoms with Crippen LogP contribution in [0, 0.1) is 13.8 Å². The summed E-state index contributed by atoms with van der Waals surface area (Å²) in [5, 5.41) is 3.46. The van der Waals surface area contributed by atoms with Crippen LogP contribution in [-0.4, -0.2) is 47.5 Å². The largest absolute Gasteiger partial charge is 0.353 e. The summed E-state index contributed by atoms with van der Waals surface area (Å²) in [5.41, 5.74) is 4.41. The molecule has 148 valence electrons. The van der Waals surface area contributed by atoms with Crippen molar-refractivity contribution in [1.29, 1.82) is 0 Å². The summed E-state index contributed by atoms with van der Waals surface area (Å²) in [6, 6.07) is 18.3. The Morgan fingerprint density at radius 1 is 0.931 bits per heavy atom. The first kappa shape index (κ1) is 18.9. The summed E-state index contributed by atoms with van der Waals surface area (Å²) in [4.78, 5) is 24.6. The van der Waals surface area contributed by atoms with Crippen molar-refractivity contribution in [1.82, 2.24) is 14.9 Å². The van der Waals surface area contributed by atoms with Crippen LogP contribution in [-0.2, 0) is 4.79 Å². The Hall–Kier alpha value is -3.41. The Bertz CT molecular complexity index is 997. The second kappa shape index (κ2) is 8.31. The summed E-state index contributed by atoms with van der Waals surface area (Å²) < 4.78 is 0. The standard InChI is InChI=1S/C23H25N5O/c1-17-8-9-20(18(2)14-17)24-21-15-22(28-12-10-27(16-29)11-13-28)26-23(25-21)19-6-4-3-5-7-19/h3-9,14-16H,10-13H2,1-2H3,(H,24,25,26). The Kier molecular flexibility index (Phi) is 5.42. The van der Waals surface area contributed by atoms with Gasteiger partial charge in [0.2, 0.25) is 6.41 Å². The van der Waals surface area contributed by atoms with Gasteiger partial charge >= 0.3 is 0 Å². The van der Waals surface area contributed by atoms with Crippen LogP contribution in [0.15, 0.2) is 54.6 Å². The van der Waals surface area contributed by atoms with Crippen molar-refractivity contribution in [3.05, 3.63) is 65.7 Å². The molecule has 0 radical (unpaired) electrons. The van der Waals surface area contributed by atoms with E-state index < -0.39 is 0 Å². The molecule has 29 heavy (non-hydrogen) atoms. The van der Waals surface area contributed by atoms with Crippen LogP contribution in [0.4, 0.5) is 17.3 Å². The molecule has 1 amide bonds. The first-order valence-electron chi connectivity index (χ1n) is 9.85. The maximum absolute atomic E-state index is 11.0. The Balaban J connectivity index is 1.69. The van der Waals surface area contributed by atoms with E-state index in [1.54, 1.807) is 4.90 Å². The van der Waals surface area contributed by atoms with Crippen molar-refractivity contribution in [2.45, 2.75) is 13.8 Å². The zero-order valence-corrected chi connectivity index (χ0v) is 16.8. The van der Waals surface area contributed by atoms with Gasteiger partial charge in [0.15, 0.2) is 5.82 Å². The van der Waals surface area contributed by atoms with Crippen molar-refractivity contribution in [3.63, 3.8) is 0 Å². The molecule has 1 aromatic heterocycles. The molecule has 6 nitrogen and oxygen atoms in total. The van der Waals surface area contributed by atoms with Crippen molar-refractivity contribution in [2.24, 2.45) is 0 Å². The molecule has 0 aliphatic carbocycles. The topological polar surface area (TPSA) is 61.4 Å². The molecule has 6 heteroatoms. The minimum absolute atomic E-state index is 0.688. The number of aromatic nitrogens is 2. The number of anilines is 3. The van der Waals surface area contributed by atoms with Crippen LogP contribution in [0.5, 0.6) is 0 Å². The molecule has 0 spiro atoms. The van der Waals surface area contributed by atoms with Crippen LogP contribution >= 0.6 is 0 Å². The van der Waals surface area contributed by atoms with E-state index in [1.165, 1.54) is 11.1 Å². The highest BCUT2D eigenvalue weighted by atomic mass is 16.1. The van der Waals surface area contributed by atoms with Gasteiger partial charge in [0, 0.05) is 43.5 Å². The third-order valence-corrected chi connectivity index (χ3v) is 5.18. The van der Waals surface area contributed by atoms with Gasteiger partial charge in [0.05, 0.1) is 0 Å². The lowest BCUT2D eigenvalue weighted by molar-refractivity contribution is -0.118. The predicted octanol–water partition coefficient (Wildman–Crippen LogP) is 3.78. The lowest BCUT2D eigenvalue weighted by atomic mass is 10.1. The molecule has 0 unspecified atom stereocenters. The molecule has 1 aliphatic heterocycles. The lowest BCUT2D eigenvalue weighted by Crippen LogP contribution is -2.46. The van der Waals surface area contributed by atoms with E-state index in [4.69, 9.17) is 9.97 Å². The summed E-state index contributed by atoms with van der Waals surface area (Å²) in [6.45, 7) is 7.10. The number of benzene rings is 2. The zero-order chi connectivity index (χ0) is 20.2.